The first-order chi connectivity index (χ1) is 9.71. The molecule has 110 valence electrons. The second-order valence-electron chi connectivity index (χ2n) is 6.28. The second-order valence-corrected chi connectivity index (χ2v) is 7.72. The van der Waals surface area contributed by atoms with Gasteiger partial charge in [0.25, 0.3) is 0 Å². The van der Waals surface area contributed by atoms with Gasteiger partial charge in [-0.1, -0.05) is 53.7 Å². The molecule has 1 spiro atoms. The molecule has 2 aliphatic rings. The van der Waals surface area contributed by atoms with Gasteiger partial charge in [0.2, 0.25) is 0 Å². The van der Waals surface area contributed by atoms with Crippen LogP contribution in [0.3, 0.4) is 0 Å². The summed E-state index contributed by atoms with van der Waals surface area (Å²) in [6, 6.07) is 8.40. The van der Waals surface area contributed by atoms with E-state index in [1.807, 2.05) is 0 Å². The molecule has 0 bridgehead atoms. The smallest absolute Gasteiger partial charge is 0.0720 e. The van der Waals surface area contributed by atoms with E-state index in [0.717, 1.165) is 10.9 Å². The van der Waals surface area contributed by atoms with Gasteiger partial charge in [-0.05, 0) is 37.0 Å². The lowest BCUT2D eigenvalue weighted by Crippen LogP contribution is -2.55. The third-order valence-corrected chi connectivity index (χ3v) is 6.23. The van der Waals surface area contributed by atoms with Crippen molar-refractivity contribution in [3.8, 4) is 0 Å². The van der Waals surface area contributed by atoms with E-state index >= 15 is 0 Å². The summed E-state index contributed by atoms with van der Waals surface area (Å²) in [6.07, 6.45) is 9.28. The zero-order valence-electron chi connectivity index (χ0n) is 11.8. The lowest BCUT2D eigenvalue weighted by atomic mass is 9.61. The number of alkyl halides is 1. The van der Waals surface area contributed by atoms with Crippen molar-refractivity contribution in [1.29, 1.82) is 0 Å². The largest absolute Gasteiger partial charge is 0.373 e. The molecule has 0 heterocycles. The Balaban J connectivity index is 1.61. The van der Waals surface area contributed by atoms with Gasteiger partial charge in [-0.15, -0.1) is 11.6 Å². The van der Waals surface area contributed by atoms with E-state index in [1.165, 1.54) is 44.1 Å². The van der Waals surface area contributed by atoms with Crippen molar-refractivity contribution >= 4 is 27.5 Å². The van der Waals surface area contributed by atoms with E-state index in [2.05, 4.69) is 40.2 Å². The summed E-state index contributed by atoms with van der Waals surface area (Å²) in [6.45, 7) is 0.712. The topological polar surface area (TPSA) is 9.23 Å². The first-order valence-electron chi connectivity index (χ1n) is 7.71. The van der Waals surface area contributed by atoms with Gasteiger partial charge in [-0.25, -0.2) is 0 Å². The van der Waals surface area contributed by atoms with E-state index in [0.29, 0.717) is 18.1 Å². The highest BCUT2D eigenvalue weighted by Crippen LogP contribution is 2.55. The molecule has 0 N–H and O–H groups in total. The summed E-state index contributed by atoms with van der Waals surface area (Å²) >= 11 is 10.0. The van der Waals surface area contributed by atoms with Gasteiger partial charge in [0.1, 0.15) is 0 Å². The van der Waals surface area contributed by atoms with Crippen LogP contribution in [0.5, 0.6) is 0 Å². The summed E-state index contributed by atoms with van der Waals surface area (Å²) < 4.78 is 7.34. The molecule has 3 heteroatoms. The van der Waals surface area contributed by atoms with Crippen molar-refractivity contribution in [3.63, 3.8) is 0 Å². The van der Waals surface area contributed by atoms with Crippen LogP contribution in [-0.4, -0.2) is 11.5 Å². The van der Waals surface area contributed by atoms with Gasteiger partial charge in [0, 0.05) is 15.3 Å². The normalized spacial score (nSPS) is 28.9. The Morgan fingerprint density at radius 3 is 2.35 bits per heavy atom. The predicted molar refractivity (Wildman–Crippen MR) is 87.1 cm³/mol. The zero-order valence-corrected chi connectivity index (χ0v) is 14.1. The highest BCUT2D eigenvalue weighted by atomic mass is 79.9. The monoisotopic (exact) mass is 356 g/mol. The van der Waals surface area contributed by atoms with Crippen LogP contribution in [0.4, 0.5) is 0 Å². The van der Waals surface area contributed by atoms with Crippen molar-refractivity contribution in [1.82, 2.24) is 0 Å². The van der Waals surface area contributed by atoms with E-state index in [9.17, 15) is 0 Å². The van der Waals surface area contributed by atoms with E-state index in [1.54, 1.807) is 0 Å². The molecule has 20 heavy (non-hydrogen) atoms. The zero-order chi connectivity index (χ0) is 14.0. The first-order valence-corrected chi connectivity index (χ1v) is 8.94. The van der Waals surface area contributed by atoms with E-state index in [4.69, 9.17) is 16.3 Å². The average molecular weight is 358 g/mol. The third-order valence-electron chi connectivity index (χ3n) is 5.08. The molecule has 0 aliphatic heterocycles. The van der Waals surface area contributed by atoms with E-state index < -0.39 is 0 Å². The molecule has 1 nitrogen and oxygen atoms in total. The summed E-state index contributed by atoms with van der Waals surface area (Å²) in [5.74, 6) is 0. The molecule has 1 aromatic rings. The summed E-state index contributed by atoms with van der Waals surface area (Å²) in [7, 11) is 0. The Labute approximate surface area is 135 Å². The molecule has 2 fully saturated rings. The highest BCUT2D eigenvalue weighted by Gasteiger charge is 2.54. The van der Waals surface area contributed by atoms with Crippen molar-refractivity contribution in [2.45, 2.75) is 63.0 Å². The molecule has 0 aromatic heterocycles. The number of hydrogen-bond acceptors (Lipinski definition) is 1. The van der Waals surface area contributed by atoms with Gasteiger partial charge in [0.05, 0.1) is 12.7 Å². The number of rotatable bonds is 3. The maximum Gasteiger partial charge on any atom is 0.0720 e. The van der Waals surface area contributed by atoms with Gasteiger partial charge in [-0.2, -0.15) is 0 Å². The Kier molecular flexibility index (Phi) is 4.74. The van der Waals surface area contributed by atoms with Crippen molar-refractivity contribution < 1.29 is 4.74 Å². The van der Waals surface area contributed by atoms with Crippen LogP contribution in [-0.2, 0) is 11.3 Å². The first kappa shape index (κ1) is 14.9. The van der Waals surface area contributed by atoms with Crippen LogP contribution in [0.2, 0.25) is 0 Å². The van der Waals surface area contributed by atoms with Crippen molar-refractivity contribution in [2.24, 2.45) is 5.41 Å². The summed E-state index contributed by atoms with van der Waals surface area (Å²) in [4.78, 5) is 0. The minimum absolute atomic E-state index is 0.271. The quantitative estimate of drug-likeness (QED) is 0.632. The van der Waals surface area contributed by atoms with E-state index in [-0.39, 0.29) is 5.41 Å². The molecule has 0 amide bonds. The molecule has 2 aliphatic carbocycles. The maximum absolute atomic E-state index is 6.57. The lowest BCUT2D eigenvalue weighted by molar-refractivity contribution is -0.122. The van der Waals surface area contributed by atoms with Gasteiger partial charge >= 0.3 is 0 Å². The van der Waals surface area contributed by atoms with Crippen LogP contribution in [0, 0.1) is 5.41 Å². The predicted octanol–water partition coefficient (Wildman–Crippen LogP) is 5.69. The fourth-order valence-electron chi connectivity index (χ4n) is 3.73. The van der Waals surface area contributed by atoms with Gasteiger partial charge < -0.3 is 4.74 Å². The SMILES string of the molecule is ClC1CC(OCc2ccc(Br)cc2)C12CCCCCC2. The minimum atomic E-state index is 0.271. The molecule has 2 atom stereocenters. The van der Waals surface area contributed by atoms with Crippen LogP contribution < -0.4 is 0 Å². The Bertz CT molecular complexity index is 437. The van der Waals surface area contributed by atoms with Crippen molar-refractivity contribution in [2.75, 3.05) is 0 Å². The molecule has 2 saturated carbocycles. The average Bonchev–Trinajstić information content (AvgIpc) is 2.73. The number of halogens is 2. The molecule has 1 aromatic carbocycles. The van der Waals surface area contributed by atoms with Crippen LogP contribution in [0.25, 0.3) is 0 Å². The molecule has 0 saturated heterocycles. The Morgan fingerprint density at radius 2 is 1.75 bits per heavy atom. The summed E-state index contributed by atoms with van der Waals surface area (Å²) in [5, 5.41) is 0.329. The Hall–Kier alpha value is -0.0500. The highest BCUT2D eigenvalue weighted by molar-refractivity contribution is 9.10. The van der Waals surface area contributed by atoms with Crippen LogP contribution >= 0.6 is 27.5 Å². The fraction of sp³-hybridized carbons (Fsp3) is 0.647. The van der Waals surface area contributed by atoms with Gasteiger partial charge in [-0.3, -0.25) is 0 Å². The fourth-order valence-corrected chi connectivity index (χ4v) is 4.52. The van der Waals surface area contributed by atoms with Crippen LogP contribution in [0.1, 0.15) is 50.5 Å². The molecular weight excluding hydrogens is 336 g/mol. The number of ether oxygens (including phenoxy) is 1. The molecule has 3 rings (SSSR count). The number of benzene rings is 1. The number of hydrogen-bond donors (Lipinski definition) is 0. The third kappa shape index (κ3) is 2.93. The van der Waals surface area contributed by atoms with Crippen molar-refractivity contribution in [3.05, 3.63) is 34.3 Å². The van der Waals surface area contributed by atoms with Gasteiger partial charge in [0.15, 0.2) is 0 Å². The maximum atomic E-state index is 6.57. The standard InChI is InChI=1S/C17H22BrClO/c18-14-7-5-13(6-8-14)12-20-16-11-15(19)17(16)9-3-1-2-4-10-17/h5-8,15-16H,1-4,9-12H2. The lowest BCUT2D eigenvalue weighted by Gasteiger charge is -2.53. The molecule has 0 radical (unpaired) electrons. The molecule has 2 unspecified atom stereocenters. The Morgan fingerprint density at radius 1 is 1.10 bits per heavy atom. The minimum Gasteiger partial charge on any atom is -0.373 e. The second kappa shape index (κ2) is 6.37. The summed E-state index contributed by atoms with van der Waals surface area (Å²) in [5.41, 5.74) is 1.52. The molecular formula is C17H22BrClO. The van der Waals surface area contributed by atoms with Crippen LogP contribution in [0.15, 0.2) is 28.7 Å².